The number of carbonyl (C=O) groups is 2. The number of hydrogen-bond acceptors (Lipinski definition) is 5. The van der Waals surface area contributed by atoms with Gasteiger partial charge in [0.25, 0.3) is 0 Å². The Morgan fingerprint density at radius 3 is 1.37 bits per heavy atom. The van der Waals surface area contributed by atoms with Crippen molar-refractivity contribution in [3.63, 3.8) is 0 Å². The van der Waals surface area contributed by atoms with Crippen LogP contribution in [-0.4, -0.2) is 36.7 Å². The van der Waals surface area contributed by atoms with Crippen LogP contribution in [0.3, 0.4) is 0 Å². The Bertz CT molecular complexity index is 315. The first-order chi connectivity index (χ1) is 13.2. The molecule has 4 nitrogen and oxygen atoms in total. The molecular formula is C22H42O4S. The average molecular weight is 403 g/mol. The molecular weight excluding hydrogens is 360 g/mol. The maximum absolute atomic E-state index is 11.6. The molecule has 0 aliphatic carbocycles. The lowest BCUT2D eigenvalue weighted by Gasteiger charge is -2.06. The number of unbranched alkanes of at least 4 members (excludes halogenated alkanes) is 10. The third-order valence-corrected chi connectivity index (χ3v) is 5.41. The van der Waals surface area contributed by atoms with Crippen molar-refractivity contribution in [1.82, 2.24) is 0 Å². The Balaban J connectivity index is 3.29. The lowest BCUT2D eigenvalue weighted by atomic mass is 10.1. The highest BCUT2D eigenvalue weighted by atomic mass is 32.2. The summed E-state index contributed by atoms with van der Waals surface area (Å²) >= 11 is 1.61. The number of ether oxygens (including phenoxy) is 2. The van der Waals surface area contributed by atoms with Crippen LogP contribution >= 0.6 is 11.8 Å². The third kappa shape index (κ3) is 21.4. The molecule has 0 aromatic carbocycles. The van der Waals surface area contributed by atoms with E-state index >= 15 is 0 Å². The van der Waals surface area contributed by atoms with Gasteiger partial charge in [-0.25, -0.2) is 0 Å². The molecule has 0 N–H and O–H groups in total. The summed E-state index contributed by atoms with van der Waals surface area (Å²) in [5.41, 5.74) is 0. The number of hydrogen-bond donors (Lipinski definition) is 0. The minimum absolute atomic E-state index is 0.123. The van der Waals surface area contributed by atoms with E-state index in [9.17, 15) is 9.59 Å². The van der Waals surface area contributed by atoms with Gasteiger partial charge in [0.1, 0.15) is 0 Å². The number of rotatable bonds is 20. The highest BCUT2D eigenvalue weighted by molar-refractivity contribution is 7.99. The molecule has 5 heteroatoms. The number of carbonyl (C=O) groups excluding carboxylic acids is 2. The summed E-state index contributed by atoms with van der Waals surface area (Å²) in [6.07, 6.45) is 15.2. The molecule has 0 aliphatic heterocycles. The molecule has 27 heavy (non-hydrogen) atoms. The van der Waals surface area contributed by atoms with Gasteiger partial charge in [-0.1, -0.05) is 78.1 Å². The van der Waals surface area contributed by atoms with Gasteiger partial charge in [0, 0.05) is 11.5 Å². The Kier molecular flexibility index (Phi) is 21.0. The largest absolute Gasteiger partial charge is 0.466 e. The zero-order valence-electron chi connectivity index (χ0n) is 17.8. The zero-order valence-corrected chi connectivity index (χ0v) is 18.6. The van der Waals surface area contributed by atoms with Gasteiger partial charge in [-0.2, -0.15) is 11.8 Å². The van der Waals surface area contributed by atoms with Gasteiger partial charge in [-0.3, -0.25) is 9.59 Å². The fourth-order valence-corrected chi connectivity index (χ4v) is 3.52. The Hall–Kier alpha value is -0.710. The van der Waals surface area contributed by atoms with Crippen molar-refractivity contribution < 1.29 is 19.1 Å². The average Bonchev–Trinajstić information content (AvgIpc) is 2.66. The van der Waals surface area contributed by atoms with Crippen LogP contribution in [0.15, 0.2) is 0 Å². The van der Waals surface area contributed by atoms with Gasteiger partial charge in [-0.05, 0) is 12.8 Å². The molecule has 0 saturated heterocycles. The van der Waals surface area contributed by atoms with Crippen LogP contribution in [0, 0.1) is 0 Å². The third-order valence-electron chi connectivity index (χ3n) is 4.42. The standard InChI is InChI=1S/C22H42O4S/c1-3-5-7-9-11-13-17-25-21(23)15-19-27-20-16-22(24)26-18-14-12-10-8-6-4-2/h3-20H2,1-2H3. The van der Waals surface area contributed by atoms with Gasteiger partial charge in [0.05, 0.1) is 26.1 Å². The van der Waals surface area contributed by atoms with Crippen LogP contribution < -0.4 is 0 Å². The fourth-order valence-electron chi connectivity index (χ4n) is 2.69. The topological polar surface area (TPSA) is 52.6 Å². The molecule has 0 atom stereocenters. The minimum atomic E-state index is -0.123. The quantitative estimate of drug-likeness (QED) is 0.176. The second-order valence-electron chi connectivity index (χ2n) is 7.09. The number of thioether (sulfide) groups is 1. The lowest BCUT2D eigenvalue weighted by Crippen LogP contribution is -2.09. The summed E-state index contributed by atoms with van der Waals surface area (Å²) in [6, 6.07) is 0. The van der Waals surface area contributed by atoms with E-state index < -0.39 is 0 Å². The predicted octanol–water partition coefficient (Wildman–Crippen LogP) is 6.31. The van der Waals surface area contributed by atoms with Gasteiger partial charge in [-0.15, -0.1) is 0 Å². The van der Waals surface area contributed by atoms with Crippen molar-refractivity contribution in [2.45, 2.75) is 104 Å². The van der Waals surface area contributed by atoms with E-state index in [4.69, 9.17) is 9.47 Å². The van der Waals surface area contributed by atoms with Crippen molar-refractivity contribution in [2.75, 3.05) is 24.7 Å². The van der Waals surface area contributed by atoms with E-state index in [0.717, 1.165) is 25.7 Å². The predicted molar refractivity (Wildman–Crippen MR) is 115 cm³/mol. The normalized spacial score (nSPS) is 10.7. The van der Waals surface area contributed by atoms with E-state index in [2.05, 4.69) is 13.8 Å². The maximum atomic E-state index is 11.6. The smallest absolute Gasteiger partial charge is 0.306 e. The molecule has 0 spiro atoms. The molecule has 0 rings (SSSR count). The summed E-state index contributed by atoms with van der Waals surface area (Å²) in [7, 11) is 0. The maximum Gasteiger partial charge on any atom is 0.306 e. The van der Waals surface area contributed by atoms with Crippen molar-refractivity contribution in [1.29, 1.82) is 0 Å². The Morgan fingerprint density at radius 2 is 0.963 bits per heavy atom. The van der Waals surface area contributed by atoms with E-state index in [1.165, 1.54) is 51.4 Å². The summed E-state index contributed by atoms with van der Waals surface area (Å²) in [5, 5.41) is 0. The first-order valence-electron chi connectivity index (χ1n) is 11.1. The van der Waals surface area contributed by atoms with E-state index in [-0.39, 0.29) is 11.9 Å². The summed E-state index contributed by atoms with van der Waals surface area (Å²) in [6.45, 7) is 5.50. The molecule has 0 aliphatic rings. The highest BCUT2D eigenvalue weighted by Gasteiger charge is 2.05. The molecule has 0 saturated carbocycles. The van der Waals surface area contributed by atoms with E-state index in [1.807, 2.05) is 0 Å². The Morgan fingerprint density at radius 1 is 0.593 bits per heavy atom. The van der Waals surface area contributed by atoms with Gasteiger partial charge < -0.3 is 9.47 Å². The SMILES string of the molecule is CCCCCCCCOC(=O)CCSCCC(=O)OCCCCCCCC. The first kappa shape index (κ1) is 26.3. The first-order valence-corrected chi connectivity index (χ1v) is 12.2. The van der Waals surface area contributed by atoms with Crippen LogP contribution in [0.2, 0.25) is 0 Å². The summed E-state index contributed by atoms with van der Waals surface area (Å²) in [4.78, 5) is 23.2. The van der Waals surface area contributed by atoms with Gasteiger partial charge >= 0.3 is 11.9 Å². The molecule has 0 radical (unpaired) electrons. The van der Waals surface area contributed by atoms with Crippen LogP contribution in [0.5, 0.6) is 0 Å². The van der Waals surface area contributed by atoms with Crippen molar-refractivity contribution in [2.24, 2.45) is 0 Å². The molecule has 0 fully saturated rings. The molecule has 0 bridgehead atoms. The second-order valence-corrected chi connectivity index (χ2v) is 8.31. The van der Waals surface area contributed by atoms with Crippen molar-refractivity contribution >= 4 is 23.7 Å². The molecule has 0 heterocycles. The van der Waals surface area contributed by atoms with Crippen LogP contribution in [0.4, 0.5) is 0 Å². The summed E-state index contributed by atoms with van der Waals surface area (Å²) < 4.78 is 10.5. The van der Waals surface area contributed by atoms with Gasteiger partial charge in [0.2, 0.25) is 0 Å². The van der Waals surface area contributed by atoms with E-state index in [1.54, 1.807) is 11.8 Å². The summed E-state index contributed by atoms with van der Waals surface area (Å²) in [5.74, 6) is 1.17. The Labute approximate surface area is 171 Å². The monoisotopic (exact) mass is 402 g/mol. The fraction of sp³-hybridized carbons (Fsp3) is 0.909. The minimum Gasteiger partial charge on any atom is -0.466 e. The van der Waals surface area contributed by atoms with E-state index in [0.29, 0.717) is 37.6 Å². The lowest BCUT2D eigenvalue weighted by molar-refractivity contribution is -0.144. The molecule has 0 aromatic rings. The second kappa shape index (κ2) is 21.6. The molecule has 0 unspecified atom stereocenters. The van der Waals surface area contributed by atoms with Gasteiger partial charge in [0.15, 0.2) is 0 Å². The number of esters is 2. The van der Waals surface area contributed by atoms with Crippen LogP contribution in [0.1, 0.15) is 104 Å². The molecule has 0 amide bonds. The van der Waals surface area contributed by atoms with Crippen LogP contribution in [0.25, 0.3) is 0 Å². The highest BCUT2D eigenvalue weighted by Crippen LogP contribution is 2.09. The van der Waals surface area contributed by atoms with Crippen molar-refractivity contribution in [3.05, 3.63) is 0 Å². The molecule has 0 aromatic heterocycles. The van der Waals surface area contributed by atoms with Crippen molar-refractivity contribution in [3.8, 4) is 0 Å². The molecule has 160 valence electrons. The zero-order chi connectivity index (χ0) is 20.0. The van der Waals surface area contributed by atoms with Crippen LogP contribution in [-0.2, 0) is 19.1 Å².